The minimum Gasteiger partial charge on any atom is -0.334 e. The minimum absolute atomic E-state index is 0.0416. The molecule has 1 fully saturated rings. The van der Waals surface area contributed by atoms with Gasteiger partial charge in [-0.15, -0.1) is 0 Å². The summed E-state index contributed by atoms with van der Waals surface area (Å²) in [4.78, 5) is 26.8. The molecule has 0 aliphatic carbocycles. The zero-order chi connectivity index (χ0) is 12.6. The van der Waals surface area contributed by atoms with Gasteiger partial charge in [0.05, 0.1) is 6.54 Å². The number of hydrogen-bond donors (Lipinski definition) is 0. The Bertz CT molecular complexity index is 458. The Hall–Kier alpha value is -1.36. The van der Waals surface area contributed by atoms with Crippen molar-refractivity contribution in [3.63, 3.8) is 0 Å². The average molecular weight is 297 g/mol. The van der Waals surface area contributed by atoms with Crippen LogP contribution in [0.5, 0.6) is 0 Å². The average Bonchev–Trinajstić information content (AvgIpc) is 2.29. The van der Waals surface area contributed by atoms with Crippen molar-refractivity contribution in [3.8, 4) is 0 Å². The fraction of sp³-hybridized carbons (Fsp3) is 0.333. The highest BCUT2D eigenvalue weighted by molar-refractivity contribution is 9.10. The largest absolute Gasteiger partial charge is 0.334 e. The summed E-state index contributed by atoms with van der Waals surface area (Å²) in [6, 6.07) is 6.95. The van der Waals surface area contributed by atoms with Gasteiger partial charge in [-0.1, -0.05) is 28.1 Å². The lowest BCUT2D eigenvalue weighted by Gasteiger charge is -2.36. The molecule has 1 aromatic rings. The maximum atomic E-state index is 12.1. The molecule has 1 aromatic carbocycles. The molecular weight excluding hydrogens is 284 g/mol. The molecule has 5 heteroatoms. The Morgan fingerprint density at radius 1 is 1.18 bits per heavy atom. The third-order valence-corrected chi connectivity index (χ3v) is 3.48. The summed E-state index contributed by atoms with van der Waals surface area (Å²) in [5.74, 6) is -0.0885. The molecule has 90 valence electrons. The zero-order valence-corrected chi connectivity index (χ0v) is 11.3. The normalized spacial score (nSPS) is 21.0. The molecule has 0 N–H and O–H groups in total. The van der Waals surface area contributed by atoms with E-state index in [0.717, 1.165) is 10.0 Å². The van der Waals surface area contributed by atoms with Crippen LogP contribution in [0.25, 0.3) is 0 Å². The van der Waals surface area contributed by atoms with Gasteiger partial charge >= 0.3 is 0 Å². The van der Waals surface area contributed by atoms with Gasteiger partial charge in [-0.3, -0.25) is 9.59 Å². The number of hydrogen-bond acceptors (Lipinski definition) is 2. The molecule has 1 heterocycles. The number of carbonyl (C=O) groups is 2. The van der Waals surface area contributed by atoms with Crippen LogP contribution in [0.1, 0.15) is 11.6 Å². The van der Waals surface area contributed by atoms with Crippen molar-refractivity contribution in [3.05, 3.63) is 34.3 Å². The molecule has 2 rings (SSSR count). The van der Waals surface area contributed by atoms with E-state index in [9.17, 15) is 9.59 Å². The van der Waals surface area contributed by atoms with E-state index in [2.05, 4.69) is 15.9 Å². The summed E-state index contributed by atoms with van der Waals surface area (Å²) in [6.07, 6.45) is 0. The van der Waals surface area contributed by atoms with Crippen molar-refractivity contribution >= 4 is 27.7 Å². The molecular formula is C12H13BrN2O2. The maximum absolute atomic E-state index is 12.1. The van der Waals surface area contributed by atoms with Crippen LogP contribution in [0.15, 0.2) is 28.7 Å². The number of benzene rings is 1. The van der Waals surface area contributed by atoms with Crippen molar-refractivity contribution in [2.75, 3.05) is 20.6 Å². The van der Waals surface area contributed by atoms with E-state index < -0.39 is 6.04 Å². The molecule has 1 unspecified atom stereocenters. The fourth-order valence-corrected chi connectivity index (χ4v) is 2.19. The van der Waals surface area contributed by atoms with Crippen LogP contribution in [-0.2, 0) is 9.59 Å². The molecule has 1 aliphatic rings. The van der Waals surface area contributed by atoms with Gasteiger partial charge in [-0.25, -0.2) is 0 Å². The van der Waals surface area contributed by atoms with Crippen molar-refractivity contribution in [1.29, 1.82) is 0 Å². The van der Waals surface area contributed by atoms with Crippen LogP contribution in [0.3, 0.4) is 0 Å². The minimum atomic E-state index is -0.505. The lowest BCUT2D eigenvalue weighted by Crippen LogP contribution is -2.52. The summed E-state index contributed by atoms with van der Waals surface area (Å²) in [7, 11) is 3.32. The van der Waals surface area contributed by atoms with E-state index in [0.29, 0.717) is 0 Å². The lowest BCUT2D eigenvalue weighted by molar-refractivity contribution is -0.153. The Balaban J connectivity index is 2.37. The Kier molecular flexibility index (Phi) is 3.19. The van der Waals surface area contributed by atoms with E-state index in [1.807, 2.05) is 24.3 Å². The molecule has 17 heavy (non-hydrogen) atoms. The molecule has 0 radical (unpaired) electrons. The molecule has 1 saturated heterocycles. The van der Waals surface area contributed by atoms with Crippen molar-refractivity contribution < 1.29 is 9.59 Å². The van der Waals surface area contributed by atoms with Crippen LogP contribution >= 0.6 is 15.9 Å². The second kappa shape index (κ2) is 4.49. The quantitative estimate of drug-likeness (QED) is 0.786. The molecule has 0 bridgehead atoms. The number of rotatable bonds is 1. The van der Waals surface area contributed by atoms with Gasteiger partial charge < -0.3 is 9.80 Å². The summed E-state index contributed by atoms with van der Waals surface area (Å²) >= 11 is 3.35. The number of nitrogens with zero attached hydrogens (tertiary/aromatic N) is 2. The standard InChI is InChI=1S/C12H13BrN2O2/c1-14-7-10(16)15(2)11(12(14)17)8-3-5-9(13)6-4-8/h3-6,11H,7H2,1-2H3. The highest BCUT2D eigenvalue weighted by Gasteiger charge is 2.36. The summed E-state index contributed by atoms with van der Waals surface area (Å²) in [6.45, 7) is 0.155. The number of likely N-dealkylation sites (N-methyl/N-ethyl adjacent to an activating group) is 2. The molecule has 1 aliphatic heterocycles. The van der Waals surface area contributed by atoms with Gasteiger partial charge in [0, 0.05) is 18.6 Å². The third kappa shape index (κ3) is 2.20. The van der Waals surface area contributed by atoms with Crippen LogP contribution < -0.4 is 0 Å². The number of amides is 2. The Labute approximate surface area is 108 Å². The van der Waals surface area contributed by atoms with Crippen molar-refractivity contribution in [2.45, 2.75) is 6.04 Å². The van der Waals surface area contributed by atoms with Crippen molar-refractivity contribution in [1.82, 2.24) is 9.80 Å². The van der Waals surface area contributed by atoms with Gasteiger partial charge in [0.2, 0.25) is 11.8 Å². The van der Waals surface area contributed by atoms with E-state index >= 15 is 0 Å². The zero-order valence-electron chi connectivity index (χ0n) is 9.68. The number of piperazine rings is 1. The first kappa shape index (κ1) is 12.1. The molecule has 4 nitrogen and oxygen atoms in total. The summed E-state index contributed by atoms with van der Waals surface area (Å²) in [5, 5.41) is 0. The van der Waals surface area contributed by atoms with Crippen LogP contribution in [0.4, 0.5) is 0 Å². The van der Waals surface area contributed by atoms with E-state index in [-0.39, 0.29) is 18.4 Å². The monoisotopic (exact) mass is 296 g/mol. The lowest BCUT2D eigenvalue weighted by atomic mass is 10.0. The summed E-state index contributed by atoms with van der Waals surface area (Å²) < 4.78 is 0.951. The van der Waals surface area contributed by atoms with Gasteiger partial charge in [0.1, 0.15) is 6.04 Å². The van der Waals surface area contributed by atoms with Gasteiger partial charge in [-0.05, 0) is 17.7 Å². The molecule has 0 spiro atoms. The first-order valence-corrected chi connectivity index (χ1v) is 6.06. The second-order valence-electron chi connectivity index (χ2n) is 4.15. The molecule has 0 aromatic heterocycles. The smallest absolute Gasteiger partial charge is 0.250 e. The predicted molar refractivity (Wildman–Crippen MR) is 67.3 cm³/mol. The van der Waals surface area contributed by atoms with Crippen LogP contribution in [-0.4, -0.2) is 42.3 Å². The van der Waals surface area contributed by atoms with Gasteiger partial charge in [-0.2, -0.15) is 0 Å². The topological polar surface area (TPSA) is 40.6 Å². The van der Waals surface area contributed by atoms with Gasteiger partial charge in [0.25, 0.3) is 0 Å². The highest BCUT2D eigenvalue weighted by Crippen LogP contribution is 2.26. The van der Waals surface area contributed by atoms with Crippen LogP contribution in [0.2, 0.25) is 0 Å². The molecule has 2 amide bonds. The summed E-state index contributed by atoms with van der Waals surface area (Å²) in [5.41, 5.74) is 0.834. The highest BCUT2D eigenvalue weighted by atomic mass is 79.9. The van der Waals surface area contributed by atoms with E-state index in [1.165, 1.54) is 9.80 Å². The van der Waals surface area contributed by atoms with E-state index in [1.54, 1.807) is 14.1 Å². The number of carbonyl (C=O) groups excluding carboxylic acids is 2. The Morgan fingerprint density at radius 2 is 1.76 bits per heavy atom. The van der Waals surface area contributed by atoms with Crippen molar-refractivity contribution in [2.24, 2.45) is 0 Å². The second-order valence-corrected chi connectivity index (χ2v) is 5.07. The predicted octanol–water partition coefficient (Wildman–Crippen LogP) is 1.42. The van der Waals surface area contributed by atoms with E-state index in [4.69, 9.17) is 0 Å². The third-order valence-electron chi connectivity index (χ3n) is 2.95. The molecule has 1 atom stereocenters. The first-order valence-electron chi connectivity index (χ1n) is 5.27. The first-order chi connectivity index (χ1) is 8.00. The van der Waals surface area contributed by atoms with Gasteiger partial charge in [0.15, 0.2) is 0 Å². The Morgan fingerprint density at radius 3 is 2.35 bits per heavy atom. The SMILES string of the molecule is CN1CC(=O)N(C)C(c2ccc(Br)cc2)C1=O. The molecule has 0 saturated carbocycles. The maximum Gasteiger partial charge on any atom is 0.250 e. The fourth-order valence-electron chi connectivity index (χ4n) is 1.92. The number of halogens is 1. The van der Waals surface area contributed by atoms with Crippen LogP contribution in [0, 0.1) is 0 Å².